The molecule has 0 unspecified atom stereocenters. The van der Waals surface area contributed by atoms with E-state index in [2.05, 4.69) is 5.32 Å². The van der Waals surface area contributed by atoms with Crippen molar-refractivity contribution in [2.24, 2.45) is 0 Å². The number of aromatic nitrogens is 2. The number of rotatable bonds is 6. The molecule has 0 spiro atoms. The second kappa shape index (κ2) is 8.16. The van der Waals surface area contributed by atoms with E-state index in [0.717, 1.165) is 20.1 Å². The van der Waals surface area contributed by atoms with E-state index in [0.29, 0.717) is 10.5 Å². The normalized spacial score (nSPS) is 12.7. The van der Waals surface area contributed by atoms with Crippen molar-refractivity contribution < 1.29 is 4.79 Å². The molecule has 3 rings (SSSR count). The number of carbonyl (C=O) groups excluding carboxylic acids is 1. The number of nitrogens with zero attached hydrogens (tertiary/aromatic N) is 2. The van der Waals surface area contributed by atoms with Crippen LogP contribution in [0.25, 0.3) is 10.2 Å². The number of hydrogen-bond acceptors (Lipinski definition) is 6. The van der Waals surface area contributed by atoms with Crippen LogP contribution in [-0.4, -0.2) is 21.2 Å². The molecule has 1 amide bonds. The van der Waals surface area contributed by atoms with Crippen LogP contribution in [0, 0.1) is 13.8 Å². The van der Waals surface area contributed by atoms with E-state index in [4.69, 9.17) is 4.98 Å². The maximum Gasteiger partial charge on any atom is 0.263 e. The number of amides is 1. The van der Waals surface area contributed by atoms with Gasteiger partial charge in [-0.25, -0.2) is 4.98 Å². The first kappa shape index (κ1) is 20.1. The molecule has 3 aromatic rings. The number of thioether (sulfide) groups is 1. The van der Waals surface area contributed by atoms with E-state index in [1.165, 1.54) is 23.1 Å². The molecule has 0 saturated carbocycles. The summed E-state index contributed by atoms with van der Waals surface area (Å²) in [6, 6.07) is 3.94. The fraction of sp³-hybridized carbons (Fsp3) is 0.421. The van der Waals surface area contributed by atoms with Crippen LogP contribution in [-0.2, 0) is 4.79 Å². The lowest BCUT2D eigenvalue weighted by Gasteiger charge is -2.16. The lowest BCUT2D eigenvalue weighted by molar-refractivity contribution is -0.119. The summed E-state index contributed by atoms with van der Waals surface area (Å²) in [5.74, 6) is 0.160. The summed E-state index contributed by atoms with van der Waals surface area (Å²) in [6.07, 6.45) is 0. The summed E-state index contributed by atoms with van der Waals surface area (Å²) in [5.41, 5.74) is 0.979. The van der Waals surface area contributed by atoms with Crippen LogP contribution in [0.5, 0.6) is 0 Å². The Morgan fingerprint density at radius 3 is 2.70 bits per heavy atom. The van der Waals surface area contributed by atoms with Crippen molar-refractivity contribution in [2.75, 3.05) is 5.75 Å². The van der Waals surface area contributed by atoms with Crippen LogP contribution in [0.1, 0.15) is 48.2 Å². The summed E-state index contributed by atoms with van der Waals surface area (Å²) < 4.78 is 1.70. The zero-order chi connectivity index (χ0) is 19.7. The van der Waals surface area contributed by atoms with E-state index in [9.17, 15) is 9.59 Å². The van der Waals surface area contributed by atoms with Gasteiger partial charge in [-0.05, 0) is 51.6 Å². The molecule has 0 saturated heterocycles. The number of fused-ring (bicyclic) bond motifs is 1. The SMILES string of the molecule is Cc1sc2nc(SCC(=O)N[C@@H](C)c3cccs3)n(C(C)C)c(=O)c2c1C. The van der Waals surface area contributed by atoms with E-state index < -0.39 is 0 Å². The third-order valence-corrected chi connectivity index (χ3v) is 7.51. The average molecular weight is 422 g/mol. The molecule has 3 aromatic heterocycles. The van der Waals surface area contributed by atoms with Gasteiger partial charge in [0.1, 0.15) is 4.83 Å². The summed E-state index contributed by atoms with van der Waals surface area (Å²) in [5, 5.41) is 6.30. The van der Waals surface area contributed by atoms with E-state index in [1.807, 2.05) is 52.1 Å². The zero-order valence-electron chi connectivity index (χ0n) is 16.0. The van der Waals surface area contributed by atoms with E-state index in [1.54, 1.807) is 15.9 Å². The average Bonchev–Trinajstić information content (AvgIpc) is 3.22. The third kappa shape index (κ3) is 4.12. The van der Waals surface area contributed by atoms with Gasteiger partial charge >= 0.3 is 0 Å². The highest BCUT2D eigenvalue weighted by atomic mass is 32.2. The van der Waals surface area contributed by atoms with Gasteiger partial charge in [0.25, 0.3) is 5.56 Å². The van der Waals surface area contributed by atoms with Gasteiger partial charge in [-0.2, -0.15) is 0 Å². The maximum atomic E-state index is 13.0. The van der Waals surface area contributed by atoms with Crippen molar-refractivity contribution in [1.29, 1.82) is 0 Å². The van der Waals surface area contributed by atoms with Gasteiger partial charge in [0, 0.05) is 15.8 Å². The Bertz CT molecular complexity index is 1020. The molecular formula is C19H23N3O2S3. The Morgan fingerprint density at radius 2 is 2.07 bits per heavy atom. The van der Waals surface area contributed by atoms with Gasteiger partial charge in [0.05, 0.1) is 17.2 Å². The Kier molecular flexibility index (Phi) is 6.08. The Hall–Kier alpha value is -1.64. The van der Waals surface area contributed by atoms with Crippen LogP contribution in [0.15, 0.2) is 27.5 Å². The number of aryl methyl sites for hydroxylation is 2. The van der Waals surface area contributed by atoms with Crippen molar-refractivity contribution >= 4 is 50.6 Å². The van der Waals surface area contributed by atoms with Gasteiger partial charge in [-0.15, -0.1) is 22.7 Å². The smallest absolute Gasteiger partial charge is 0.263 e. The van der Waals surface area contributed by atoms with E-state index >= 15 is 0 Å². The van der Waals surface area contributed by atoms with Crippen molar-refractivity contribution in [1.82, 2.24) is 14.9 Å². The van der Waals surface area contributed by atoms with Crippen LogP contribution in [0.4, 0.5) is 0 Å². The number of carbonyl (C=O) groups is 1. The minimum Gasteiger partial charge on any atom is -0.348 e. The Labute approximate surface area is 170 Å². The van der Waals surface area contributed by atoms with Crippen LogP contribution >= 0.6 is 34.4 Å². The molecule has 0 aliphatic rings. The summed E-state index contributed by atoms with van der Waals surface area (Å²) >= 11 is 4.47. The molecule has 8 heteroatoms. The molecule has 27 heavy (non-hydrogen) atoms. The summed E-state index contributed by atoms with van der Waals surface area (Å²) in [7, 11) is 0. The highest BCUT2D eigenvalue weighted by molar-refractivity contribution is 7.99. The van der Waals surface area contributed by atoms with Gasteiger partial charge in [-0.1, -0.05) is 17.8 Å². The highest BCUT2D eigenvalue weighted by Crippen LogP contribution is 2.29. The quantitative estimate of drug-likeness (QED) is 0.463. The Balaban J connectivity index is 1.83. The predicted octanol–water partition coefficient (Wildman–Crippen LogP) is 4.69. The molecule has 0 bridgehead atoms. The van der Waals surface area contributed by atoms with E-state index in [-0.39, 0.29) is 29.3 Å². The molecular weight excluding hydrogens is 398 g/mol. The minimum absolute atomic E-state index is 0.0216. The first-order valence-electron chi connectivity index (χ1n) is 8.77. The van der Waals surface area contributed by atoms with Crippen LogP contribution < -0.4 is 10.9 Å². The van der Waals surface area contributed by atoms with Crippen LogP contribution in [0.3, 0.4) is 0 Å². The van der Waals surface area contributed by atoms with Gasteiger partial charge in [-0.3, -0.25) is 14.2 Å². The molecule has 3 heterocycles. The largest absolute Gasteiger partial charge is 0.348 e. The number of hydrogen-bond donors (Lipinski definition) is 1. The highest BCUT2D eigenvalue weighted by Gasteiger charge is 2.19. The fourth-order valence-electron chi connectivity index (χ4n) is 2.87. The summed E-state index contributed by atoms with van der Waals surface area (Å²) in [6.45, 7) is 9.88. The monoisotopic (exact) mass is 421 g/mol. The Morgan fingerprint density at radius 1 is 1.33 bits per heavy atom. The first-order chi connectivity index (χ1) is 12.8. The number of nitrogens with one attached hydrogen (secondary N) is 1. The second-order valence-electron chi connectivity index (χ2n) is 6.72. The summed E-state index contributed by atoms with van der Waals surface area (Å²) in [4.78, 5) is 33.1. The molecule has 0 aliphatic heterocycles. The lowest BCUT2D eigenvalue weighted by Crippen LogP contribution is -2.29. The lowest BCUT2D eigenvalue weighted by atomic mass is 10.2. The fourth-order valence-corrected chi connectivity index (χ4v) is 5.61. The maximum absolute atomic E-state index is 13.0. The van der Waals surface area contributed by atoms with Crippen molar-refractivity contribution in [3.05, 3.63) is 43.2 Å². The molecule has 0 radical (unpaired) electrons. The van der Waals surface area contributed by atoms with Crippen molar-refractivity contribution in [2.45, 2.75) is 51.9 Å². The second-order valence-corrected chi connectivity index (χ2v) is 9.84. The first-order valence-corrected chi connectivity index (χ1v) is 11.5. The zero-order valence-corrected chi connectivity index (χ0v) is 18.5. The molecule has 144 valence electrons. The third-order valence-electron chi connectivity index (χ3n) is 4.40. The molecule has 0 aromatic carbocycles. The van der Waals surface area contributed by atoms with Crippen molar-refractivity contribution in [3.8, 4) is 0 Å². The van der Waals surface area contributed by atoms with Gasteiger partial charge < -0.3 is 5.32 Å². The van der Waals surface area contributed by atoms with Gasteiger partial charge in [0.15, 0.2) is 5.16 Å². The van der Waals surface area contributed by atoms with Crippen LogP contribution in [0.2, 0.25) is 0 Å². The predicted molar refractivity (Wildman–Crippen MR) is 115 cm³/mol. The molecule has 1 N–H and O–H groups in total. The molecule has 0 aliphatic carbocycles. The minimum atomic E-state index is -0.0657. The van der Waals surface area contributed by atoms with Crippen molar-refractivity contribution in [3.63, 3.8) is 0 Å². The number of thiophene rings is 2. The topological polar surface area (TPSA) is 64.0 Å². The molecule has 1 atom stereocenters. The molecule has 0 fully saturated rings. The van der Waals surface area contributed by atoms with Gasteiger partial charge in [0.2, 0.25) is 5.91 Å². The molecule has 5 nitrogen and oxygen atoms in total. The standard InChI is InChI=1S/C19H23N3O2S3/c1-10(2)22-18(24)16-11(3)13(5)27-17(16)21-19(22)26-9-15(23)20-12(4)14-7-6-8-25-14/h6-8,10,12H,9H2,1-5H3,(H,20,23)/t12-/m0/s1.